The monoisotopic (exact) mass is 395 g/mol. The van der Waals surface area contributed by atoms with Crippen LogP contribution >= 0.6 is 11.6 Å². The summed E-state index contributed by atoms with van der Waals surface area (Å²) in [6, 6.07) is 8.11. The number of nitrogens with zero attached hydrogens (tertiary/aromatic N) is 2. The minimum Gasteiger partial charge on any atom is -0.356 e. The molecule has 0 aliphatic rings. The maximum atomic E-state index is 12.1. The molecule has 1 amide bonds. The highest BCUT2D eigenvalue weighted by atomic mass is 35.5. The average Bonchev–Trinajstić information content (AvgIpc) is 2.62. The van der Waals surface area contributed by atoms with Crippen LogP contribution in [0.4, 0.5) is 0 Å². The molecule has 0 radical (unpaired) electrons. The van der Waals surface area contributed by atoms with Crippen molar-refractivity contribution >= 4 is 23.5 Å². The smallest absolute Gasteiger partial charge is 0.252 e. The predicted molar refractivity (Wildman–Crippen MR) is 115 cm³/mol. The Morgan fingerprint density at radius 2 is 1.63 bits per heavy atom. The molecule has 0 unspecified atom stereocenters. The van der Waals surface area contributed by atoms with Crippen molar-refractivity contribution in [3.05, 3.63) is 34.9 Å². The van der Waals surface area contributed by atoms with Gasteiger partial charge in [-0.25, -0.2) is 0 Å². The van der Waals surface area contributed by atoms with Crippen LogP contribution in [0, 0.1) is 0 Å². The number of carbonyl (C=O) groups excluding carboxylic acids is 1. The highest BCUT2D eigenvalue weighted by Gasteiger charge is 2.12. The number of hydrogen-bond acceptors (Lipinski definition) is 3. The first-order valence-electron chi connectivity index (χ1n) is 9.59. The highest BCUT2D eigenvalue weighted by molar-refractivity contribution is 6.33. The standard InChI is InChI=1S/C20H34ClN5O/c1-15(2)26(16(3)4)14-8-11-24-20(22-5)25-13-12-23-19(27)17-9-6-7-10-18(17)21/h6-7,9-10,15-16H,8,11-14H2,1-5H3,(H,23,27)(H2,22,24,25). The summed E-state index contributed by atoms with van der Waals surface area (Å²) in [6.07, 6.45) is 1.04. The van der Waals surface area contributed by atoms with Gasteiger partial charge in [-0.2, -0.15) is 0 Å². The topological polar surface area (TPSA) is 68.8 Å². The molecule has 1 aromatic carbocycles. The lowest BCUT2D eigenvalue weighted by molar-refractivity contribution is 0.0954. The van der Waals surface area contributed by atoms with Gasteiger partial charge in [0.15, 0.2) is 5.96 Å². The average molecular weight is 396 g/mol. The third kappa shape index (κ3) is 8.63. The van der Waals surface area contributed by atoms with Crippen LogP contribution in [0.15, 0.2) is 29.3 Å². The number of amides is 1. The molecule has 0 fully saturated rings. The Kier molecular flexibility index (Phi) is 10.8. The van der Waals surface area contributed by atoms with Crippen LogP contribution in [0.5, 0.6) is 0 Å². The molecule has 6 nitrogen and oxygen atoms in total. The van der Waals surface area contributed by atoms with Gasteiger partial charge in [0, 0.05) is 45.3 Å². The second-order valence-electron chi connectivity index (χ2n) is 6.94. The van der Waals surface area contributed by atoms with Crippen molar-refractivity contribution in [2.75, 3.05) is 33.2 Å². The number of rotatable bonds is 10. The normalized spacial score (nSPS) is 12.0. The van der Waals surface area contributed by atoms with Gasteiger partial charge in [-0.3, -0.25) is 14.7 Å². The Morgan fingerprint density at radius 1 is 1.04 bits per heavy atom. The van der Waals surface area contributed by atoms with E-state index in [4.69, 9.17) is 11.6 Å². The first kappa shape index (κ1) is 23.2. The van der Waals surface area contributed by atoms with Crippen molar-refractivity contribution in [2.45, 2.75) is 46.2 Å². The summed E-state index contributed by atoms with van der Waals surface area (Å²) in [4.78, 5) is 18.8. The van der Waals surface area contributed by atoms with E-state index in [0.717, 1.165) is 25.5 Å². The van der Waals surface area contributed by atoms with Gasteiger partial charge >= 0.3 is 0 Å². The Morgan fingerprint density at radius 3 is 2.22 bits per heavy atom. The van der Waals surface area contributed by atoms with E-state index in [1.807, 2.05) is 0 Å². The predicted octanol–water partition coefficient (Wildman–Crippen LogP) is 2.74. The van der Waals surface area contributed by atoms with Gasteiger partial charge in [0.05, 0.1) is 10.6 Å². The van der Waals surface area contributed by atoms with Crippen LogP contribution in [-0.4, -0.2) is 62.1 Å². The Labute approximate surface area is 168 Å². The molecular formula is C20H34ClN5O. The first-order chi connectivity index (χ1) is 12.9. The number of carbonyl (C=O) groups is 1. The summed E-state index contributed by atoms with van der Waals surface area (Å²) in [5.74, 6) is 0.565. The third-order valence-electron chi connectivity index (χ3n) is 4.26. The van der Waals surface area contributed by atoms with Crippen molar-refractivity contribution < 1.29 is 4.79 Å². The zero-order valence-electron chi connectivity index (χ0n) is 17.2. The molecule has 0 atom stereocenters. The van der Waals surface area contributed by atoms with Gasteiger partial charge in [-0.15, -0.1) is 0 Å². The molecule has 152 valence electrons. The van der Waals surface area contributed by atoms with E-state index in [0.29, 0.717) is 35.8 Å². The second-order valence-corrected chi connectivity index (χ2v) is 7.35. The first-order valence-corrected chi connectivity index (χ1v) is 9.97. The molecule has 0 aliphatic carbocycles. The lowest BCUT2D eigenvalue weighted by Crippen LogP contribution is -2.43. The van der Waals surface area contributed by atoms with Crippen LogP contribution < -0.4 is 16.0 Å². The number of benzene rings is 1. The Balaban J connectivity index is 2.25. The van der Waals surface area contributed by atoms with Gasteiger partial charge in [0.1, 0.15) is 0 Å². The third-order valence-corrected chi connectivity index (χ3v) is 4.59. The zero-order valence-corrected chi connectivity index (χ0v) is 17.9. The van der Waals surface area contributed by atoms with E-state index in [-0.39, 0.29) is 5.91 Å². The van der Waals surface area contributed by atoms with E-state index < -0.39 is 0 Å². The molecule has 7 heteroatoms. The summed E-state index contributed by atoms with van der Waals surface area (Å²) in [5.41, 5.74) is 0.488. The molecule has 0 saturated carbocycles. The van der Waals surface area contributed by atoms with Gasteiger partial charge in [-0.1, -0.05) is 23.7 Å². The molecule has 0 bridgehead atoms. The lowest BCUT2D eigenvalue weighted by Gasteiger charge is -2.30. The fourth-order valence-corrected chi connectivity index (χ4v) is 3.12. The molecule has 27 heavy (non-hydrogen) atoms. The SMILES string of the molecule is CN=C(NCCCN(C(C)C)C(C)C)NCCNC(=O)c1ccccc1Cl. The van der Waals surface area contributed by atoms with E-state index in [2.05, 4.69) is 53.5 Å². The lowest BCUT2D eigenvalue weighted by atomic mass is 10.2. The summed E-state index contributed by atoms with van der Waals surface area (Å²) >= 11 is 6.03. The quantitative estimate of drug-likeness (QED) is 0.323. The maximum absolute atomic E-state index is 12.1. The van der Waals surface area contributed by atoms with Crippen LogP contribution in [-0.2, 0) is 0 Å². The van der Waals surface area contributed by atoms with E-state index in [9.17, 15) is 4.79 Å². The minimum atomic E-state index is -0.173. The molecule has 0 aliphatic heterocycles. The van der Waals surface area contributed by atoms with Crippen LogP contribution in [0.3, 0.4) is 0 Å². The van der Waals surface area contributed by atoms with Crippen molar-refractivity contribution in [2.24, 2.45) is 4.99 Å². The Hall–Kier alpha value is -1.79. The fraction of sp³-hybridized carbons (Fsp3) is 0.600. The molecule has 0 aromatic heterocycles. The van der Waals surface area contributed by atoms with Crippen molar-refractivity contribution in [3.63, 3.8) is 0 Å². The molecular weight excluding hydrogens is 362 g/mol. The summed E-state index contributed by atoms with van der Waals surface area (Å²) in [7, 11) is 1.74. The Bertz CT molecular complexity index is 596. The minimum absolute atomic E-state index is 0.173. The number of nitrogens with one attached hydrogen (secondary N) is 3. The highest BCUT2D eigenvalue weighted by Crippen LogP contribution is 2.14. The van der Waals surface area contributed by atoms with Crippen molar-refractivity contribution in [1.29, 1.82) is 0 Å². The number of hydrogen-bond donors (Lipinski definition) is 3. The number of guanidine groups is 1. The van der Waals surface area contributed by atoms with Gasteiger partial charge in [-0.05, 0) is 46.2 Å². The zero-order chi connectivity index (χ0) is 20.2. The molecule has 0 saturated heterocycles. The molecule has 1 aromatic rings. The summed E-state index contributed by atoms with van der Waals surface area (Å²) in [5, 5.41) is 9.82. The molecule has 1 rings (SSSR count). The summed E-state index contributed by atoms with van der Waals surface area (Å²) in [6.45, 7) is 11.9. The van der Waals surface area contributed by atoms with Crippen LogP contribution in [0.2, 0.25) is 5.02 Å². The molecule has 0 heterocycles. The van der Waals surface area contributed by atoms with Crippen LogP contribution in [0.25, 0.3) is 0 Å². The van der Waals surface area contributed by atoms with Gasteiger partial charge in [0.2, 0.25) is 0 Å². The largest absolute Gasteiger partial charge is 0.356 e. The van der Waals surface area contributed by atoms with Gasteiger partial charge < -0.3 is 16.0 Å². The number of halogens is 1. The van der Waals surface area contributed by atoms with E-state index >= 15 is 0 Å². The van der Waals surface area contributed by atoms with E-state index in [1.165, 1.54) is 0 Å². The van der Waals surface area contributed by atoms with Crippen molar-refractivity contribution in [3.8, 4) is 0 Å². The van der Waals surface area contributed by atoms with Crippen molar-refractivity contribution in [1.82, 2.24) is 20.9 Å². The van der Waals surface area contributed by atoms with Crippen LogP contribution in [0.1, 0.15) is 44.5 Å². The van der Waals surface area contributed by atoms with E-state index in [1.54, 1.807) is 31.3 Å². The molecule has 3 N–H and O–H groups in total. The summed E-state index contributed by atoms with van der Waals surface area (Å²) < 4.78 is 0. The number of aliphatic imine (C=N–C) groups is 1. The second kappa shape index (κ2) is 12.6. The fourth-order valence-electron chi connectivity index (χ4n) is 2.90. The van der Waals surface area contributed by atoms with Gasteiger partial charge in [0.25, 0.3) is 5.91 Å². The molecule has 0 spiro atoms. The maximum Gasteiger partial charge on any atom is 0.252 e.